The van der Waals surface area contributed by atoms with Crippen molar-refractivity contribution in [2.24, 2.45) is 0 Å². The van der Waals surface area contributed by atoms with Crippen LogP contribution in [0.5, 0.6) is 0 Å². The van der Waals surface area contributed by atoms with E-state index in [1.54, 1.807) is 0 Å². The number of rotatable bonds is 5. The Morgan fingerprint density at radius 2 is 1.44 bits per heavy atom. The fraction of sp³-hybridized carbons (Fsp3) is 0.238. The Morgan fingerprint density at radius 1 is 0.960 bits per heavy atom. The van der Waals surface area contributed by atoms with Crippen LogP contribution in [0.1, 0.15) is 38.3 Å². The minimum absolute atomic E-state index is 0. The van der Waals surface area contributed by atoms with E-state index < -0.39 is 12.1 Å². The van der Waals surface area contributed by atoms with Gasteiger partial charge in [0.05, 0.1) is 6.61 Å². The van der Waals surface area contributed by atoms with Crippen LogP contribution < -0.4 is 0 Å². The SMILES string of the molecule is C#CC#CC#CC#CC#CC#CC#CC(=O)O[C@H](CO)CCC(C)=O.[HH].[HH].[HH].[HH].[HH].[HH].[HH].[HH].[HH].[HH].[HH].[HH].[HH]. The number of hydrogen-bond acceptors (Lipinski definition) is 4. The van der Waals surface area contributed by atoms with Gasteiger partial charge in [-0.1, -0.05) is 0 Å². The standard InChI is InChI=1S/C21H12O4.13H2/c1-3-4-5-6-7-8-9-10-11-12-13-14-15-21(24)25-20(18-22)17-16-19(2)23;;;;;;;;;;;;;/h1,20,22H,16-18H2,2H3;13*1H/t20-;;;;;;;;;;;;;/m0............./s1. The van der Waals surface area contributed by atoms with E-state index in [0.29, 0.717) is 0 Å². The van der Waals surface area contributed by atoms with Crippen LogP contribution in [0.3, 0.4) is 0 Å². The van der Waals surface area contributed by atoms with Crippen molar-refractivity contribution in [3.05, 3.63) is 0 Å². The van der Waals surface area contributed by atoms with Crippen molar-refractivity contribution >= 4 is 11.8 Å². The number of Topliss-reactive ketones (excluding diaryl/α,β-unsaturated/α-hetero) is 1. The van der Waals surface area contributed by atoms with Gasteiger partial charge in [0.25, 0.3) is 0 Å². The predicted molar refractivity (Wildman–Crippen MR) is 120 cm³/mol. The Morgan fingerprint density at radius 3 is 1.88 bits per heavy atom. The van der Waals surface area contributed by atoms with E-state index in [4.69, 9.17) is 16.3 Å². The molecular formula is C21H38O4. The molecule has 0 radical (unpaired) electrons. The first-order valence-electron chi connectivity index (χ1n) is 6.87. The predicted octanol–water partition coefficient (Wildman–Crippen LogP) is 3.11. The fourth-order valence-electron chi connectivity index (χ4n) is 1.13. The normalized spacial score (nSPS) is 7.88. The van der Waals surface area contributed by atoms with Gasteiger partial charge in [0.2, 0.25) is 0 Å². The number of carbonyl (C=O) groups is 2. The molecule has 4 heteroatoms. The molecule has 25 heavy (non-hydrogen) atoms. The molecule has 0 aromatic heterocycles. The molecule has 0 aliphatic heterocycles. The van der Waals surface area contributed by atoms with Crippen molar-refractivity contribution in [2.45, 2.75) is 25.9 Å². The molecule has 0 spiro atoms. The van der Waals surface area contributed by atoms with Crippen molar-refractivity contribution in [1.29, 1.82) is 0 Å². The number of esters is 1. The number of carbonyl (C=O) groups excluding carboxylic acids is 2. The average Bonchev–Trinajstić information content (AvgIpc) is 2.59. The zero-order valence-corrected chi connectivity index (χ0v) is 13.4. The number of terminal acetylenes is 1. The number of aliphatic hydroxyl groups excluding tert-OH is 1. The third-order valence-electron chi connectivity index (χ3n) is 2.16. The Bertz CT molecular complexity index is 944. The lowest BCUT2D eigenvalue weighted by Gasteiger charge is -2.12. The third kappa shape index (κ3) is 14.7. The summed E-state index contributed by atoms with van der Waals surface area (Å²) in [6.45, 7) is 1.03. The number of hydrogen-bond donors (Lipinski definition) is 1. The Kier molecular flexibility index (Phi) is 12.6. The Balaban J connectivity index is -0.0000000369. The zero-order chi connectivity index (χ0) is 18.8. The van der Waals surface area contributed by atoms with E-state index in [1.807, 2.05) is 0 Å². The van der Waals surface area contributed by atoms with Crippen LogP contribution >= 0.6 is 0 Å². The van der Waals surface area contributed by atoms with E-state index >= 15 is 0 Å². The highest BCUT2D eigenvalue weighted by molar-refractivity contribution is 5.89. The fourth-order valence-corrected chi connectivity index (χ4v) is 1.13. The maximum Gasteiger partial charge on any atom is 0.385 e. The third-order valence-corrected chi connectivity index (χ3v) is 2.16. The van der Waals surface area contributed by atoms with Gasteiger partial charge in [-0.05, 0) is 84.4 Å². The smallest absolute Gasteiger partial charge is 0.385 e. The van der Waals surface area contributed by atoms with Crippen molar-refractivity contribution in [2.75, 3.05) is 6.61 Å². The quantitative estimate of drug-likeness (QED) is 0.468. The monoisotopic (exact) mass is 354 g/mol. The van der Waals surface area contributed by atoms with E-state index in [9.17, 15) is 9.59 Å². The van der Waals surface area contributed by atoms with Gasteiger partial charge in [-0.15, -0.1) is 6.42 Å². The highest BCUT2D eigenvalue weighted by Gasteiger charge is 2.12. The molecule has 0 bridgehead atoms. The second kappa shape index (κ2) is 14.9. The summed E-state index contributed by atoms with van der Waals surface area (Å²) in [5, 5.41) is 9.04. The van der Waals surface area contributed by atoms with Crippen molar-refractivity contribution < 1.29 is 38.0 Å². The van der Waals surface area contributed by atoms with E-state index in [2.05, 4.69) is 77.0 Å². The lowest BCUT2D eigenvalue weighted by molar-refractivity contribution is -0.144. The van der Waals surface area contributed by atoms with Gasteiger partial charge in [-0.3, -0.25) is 0 Å². The molecule has 0 heterocycles. The minimum atomic E-state index is -0.840. The summed E-state index contributed by atoms with van der Waals surface area (Å²) in [5.41, 5.74) is 0. The summed E-state index contributed by atoms with van der Waals surface area (Å²) in [7, 11) is 0. The number of ketones is 1. The van der Waals surface area contributed by atoms with Crippen molar-refractivity contribution in [3.8, 4) is 83.4 Å². The zero-order valence-electron chi connectivity index (χ0n) is 13.4. The van der Waals surface area contributed by atoms with Crippen molar-refractivity contribution in [1.82, 2.24) is 0 Å². The maximum absolute atomic E-state index is 11.4. The molecule has 0 unspecified atom stereocenters. The summed E-state index contributed by atoms with van der Waals surface area (Å²) < 4.78 is 4.87. The van der Waals surface area contributed by atoms with Gasteiger partial charge in [0.15, 0.2) is 0 Å². The van der Waals surface area contributed by atoms with Gasteiger partial charge in [0.1, 0.15) is 11.9 Å². The lowest BCUT2D eigenvalue weighted by atomic mass is 10.1. The minimum Gasteiger partial charge on any atom is -0.450 e. The van der Waals surface area contributed by atoms with Gasteiger partial charge >= 0.3 is 5.97 Å². The number of ether oxygens (including phenoxy) is 1. The van der Waals surface area contributed by atoms with Gasteiger partial charge in [-0.2, -0.15) is 0 Å². The lowest BCUT2D eigenvalue weighted by Crippen LogP contribution is -2.21. The molecule has 0 aromatic carbocycles. The van der Waals surface area contributed by atoms with Crippen LogP contribution in [0.4, 0.5) is 0 Å². The molecule has 1 N–H and O–H groups in total. The first-order valence-corrected chi connectivity index (χ1v) is 6.87. The highest BCUT2D eigenvalue weighted by Crippen LogP contribution is 2.02. The molecule has 0 aromatic rings. The Labute approximate surface area is 167 Å². The van der Waals surface area contributed by atoms with Crippen LogP contribution in [-0.2, 0) is 14.3 Å². The molecule has 0 fully saturated rings. The van der Waals surface area contributed by atoms with Crippen LogP contribution in [0, 0.1) is 83.4 Å². The van der Waals surface area contributed by atoms with E-state index in [0.717, 1.165) is 0 Å². The van der Waals surface area contributed by atoms with Crippen LogP contribution in [0.25, 0.3) is 0 Å². The second-order valence-corrected chi connectivity index (χ2v) is 4.09. The topological polar surface area (TPSA) is 63.6 Å². The highest BCUT2D eigenvalue weighted by atomic mass is 16.5. The van der Waals surface area contributed by atoms with E-state index in [-0.39, 0.29) is 43.8 Å². The van der Waals surface area contributed by atoms with Crippen LogP contribution in [-0.4, -0.2) is 29.6 Å². The first-order chi connectivity index (χ1) is 12.1. The van der Waals surface area contributed by atoms with Gasteiger partial charge < -0.3 is 14.6 Å². The first kappa shape index (κ1) is 21.0. The largest absolute Gasteiger partial charge is 0.450 e. The summed E-state index contributed by atoms with van der Waals surface area (Å²) in [6, 6.07) is 0. The molecule has 0 saturated heterocycles. The summed E-state index contributed by atoms with van der Waals surface area (Å²) in [5.74, 6) is 29.4. The molecule has 1 atom stereocenters. The van der Waals surface area contributed by atoms with Crippen LogP contribution in [0.2, 0.25) is 0 Å². The number of aliphatic hydroxyl groups is 1. The molecular weight excluding hydrogens is 316 g/mol. The molecule has 4 nitrogen and oxygen atoms in total. The molecule has 0 amide bonds. The summed E-state index contributed by atoms with van der Waals surface area (Å²) in [6.07, 6.45) is 4.58. The maximum atomic E-state index is 11.4. The molecule has 0 aliphatic carbocycles. The molecule has 0 saturated carbocycles. The Hall–Kier alpha value is -3.98. The second-order valence-electron chi connectivity index (χ2n) is 4.09. The average molecular weight is 355 g/mol. The molecule has 0 rings (SSSR count). The molecule has 146 valence electrons. The van der Waals surface area contributed by atoms with Crippen molar-refractivity contribution in [3.63, 3.8) is 0 Å². The molecule has 0 aliphatic rings. The van der Waals surface area contributed by atoms with Gasteiger partial charge in [-0.25, -0.2) is 4.79 Å². The van der Waals surface area contributed by atoms with Crippen LogP contribution in [0.15, 0.2) is 0 Å². The summed E-state index contributed by atoms with van der Waals surface area (Å²) in [4.78, 5) is 22.2. The van der Waals surface area contributed by atoms with Gasteiger partial charge in [0, 0.05) is 30.9 Å². The van der Waals surface area contributed by atoms with E-state index in [1.165, 1.54) is 6.92 Å². The summed E-state index contributed by atoms with van der Waals surface area (Å²) >= 11 is 0.